The van der Waals surface area contributed by atoms with E-state index in [1.54, 1.807) is 7.11 Å². The quantitative estimate of drug-likeness (QED) is 0.828. The summed E-state index contributed by atoms with van der Waals surface area (Å²) in [5.41, 5.74) is 0.669. The number of nitrogens with zero attached hydrogens (tertiary/aromatic N) is 1. The summed E-state index contributed by atoms with van der Waals surface area (Å²) in [6, 6.07) is 7.73. The van der Waals surface area contributed by atoms with E-state index in [1.165, 1.54) is 0 Å². The van der Waals surface area contributed by atoms with Crippen LogP contribution in [0.15, 0.2) is 24.3 Å². The molecule has 2 fully saturated rings. The van der Waals surface area contributed by atoms with Gasteiger partial charge in [0.2, 0.25) is 11.8 Å². The van der Waals surface area contributed by atoms with Gasteiger partial charge in [-0.15, -0.1) is 0 Å². The van der Waals surface area contributed by atoms with Gasteiger partial charge in [-0.25, -0.2) is 0 Å². The minimum atomic E-state index is -0.0854. The Labute approximate surface area is 136 Å². The fraction of sp³-hybridized carbons (Fsp3) is 0.529. The summed E-state index contributed by atoms with van der Waals surface area (Å²) in [4.78, 5) is 26.3. The van der Waals surface area contributed by atoms with E-state index < -0.39 is 0 Å². The Balaban J connectivity index is 1.47. The monoisotopic (exact) mass is 317 g/mol. The third-order valence-corrected chi connectivity index (χ3v) is 4.32. The van der Waals surface area contributed by atoms with Crippen molar-refractivity contribution in [1.29, 1.82) is 0 Å². The molecule has 1 aliphatic carbocycles. The zero-order valence-electron chi connectivity index (χ0n) is 13.4. The van der Waals surface area contributed by atoms with Crippen LogP contribution in [-0.4, -0.2) is 49.5 Å². The number of ether oxygens (including phenoxy) is 1. The van der Waals surface area contributed by atoms with E-state index in [2.05, 4.69) is 10.6 Å². The first-order valence-corrected chi connectivity index (χ1v) is 8.11. The maximum absolute atomic E-state index is 12.2. The summed E-state index contributed by atoms with van der Waals surface area (Å²) in [6.45, 7) is 1.73. The predicted molar refractivity (Wildman–Crippen MR) is 87.3 cm³/mol. The highest BCUT2D eigenvalue weighted by Crippen LogP contribution is 2.24. The number of hydrogen-bond acceptors (Lipinski definition) is 4. The predicted octanol–water partition coefficient (Wildman–Crippen LogP) is 1.23. The number of para-hydroxylation sites is 2. The van der Waals surface area contributed by atoms with Crippen LogP contribution in [0.5, 0.6) is 5.75 Å². The van der Waals surface area contributed by atoms with Crippen molar-refractivity contribution in [1.82, 2.24) is 10.2 Å². The second kappa shape index (κ2) is 7.00. The van der Waals surface area contributed by atoms with Crippen LogP contribution in [0, 0.1) is 5.92 Å². The number of carbonyl (C=O) groups excluding carboxylic acids is 2. The molecule has 1 heterocycles. The molecule has 2 aliphatic rings. The van der Waals surface area contributed by atoms with Crippen LogP contribution in [-0.2, 0) is 9.59 Å². The second-order valence-electron chi connectivity index (χ2n) is 6.25. The molecule has 0 aromatic heterocycles. The number of nitrogens with one attached hydrogen (secondary N) is 2. The van der Waals surface area contributed by atoms with Crippen LogP contribution >= 0.6 is 0 Å². The van der Waals surface area contributed by atoms with Crippen LogP contribution < -0.4 is 15.4 Å². The van der Waals surface area contributed by atoms with Gasteiger partial charge in [0, 0.05) is 12.6 Å². The van der Waals surface area contributed by atoms with E-state index in [1.807, 2.05) is 29.2 Å². The highest BCUT2D eigenvalue weighted by Gasteiger charge is 2.32. The number of likely N-dealkylation sites (tertiary alicyclic amines) is 1. The lowest BCUT2D eigenvalue weighted by molar-refractivity contribution is -0.125. The number of benzene rings is 1. The number of carbonyl (C=O) groups is 2. The van der Waals surface area contributed by atoms with Gasteiger partial charge in [0.25, 0.3) is 0 Å². The summed E-state index contributed by atoms with van der Waals surface area (Å²) in [6.07, 6.45) is 3.02. The summed E-state index contributed by atoms with van der Waals surface area (Å²) in [5.74, 6) is 0.705. The fourth-order valence-corrected chi connectivity index (χ4v) is 2.88. The molecule has 1 saturated heterocycles. The summed E-state index contributed by atoms with van der Waals surface area (Å²) in [7, 11) is 1.58. The molecule has 1 saturated carbocycles. The average molecular weight is 317 g/mol. The Hall–Kier alpha value is -2.08. The molecule has 124 valence electrons. The van der Waals surface area contributed by atoms with Gasteiger partial charge in [-0.05, 0) is 37.9 Å². The number of methoxy groups -OCH3 is 1. The molecule has 6 nitrogen and oxygen atoms in total. The lowest BCUT2D eigenvalue weighted by atomic mass is 10.1. The molecular weight excluding hydrogens is 294 g/mol. The van der Waals surface area contributed by atoms with Crippen molar-refractivity contribution in [3.05, 3.63) is 24.3 Å². The van der Waals surface area contributed by atoms with Gasteiger partial charge in [-0.2, -0.15) is 0 Å². The Morgan fingerprint density at radius 3 is 2.78 bits per heavy atom. The third-order valence-electron chi connectivity index (χ3n) is 4.32. The molecule has 1 atom stereocenters. The van der Waals surface area contributed by atoms with Crippen LogP contribution in [0.25, 0.3) is 0 Å². The number of hydrogen-bond donors (Lipinski definition) is 2. The highest BCUT2D eigenvalue weighted by atomic mass is 16.5. The van der Waals surface area contributed by atoms with Crippen molar-refractivity contribution < 1.29 is 14.3 Å². The SMILES string of the molecule is COc1ccccc1NC(=O)CN1CCC(C(=O)NC2CC2)C1. The Morgan fingerprint density at radius 2 is 2.04 bits per heavy atom. The van der Waals surface area contributed by atoms with Gasteiger partial charge >= 0.3 is 0 Å². The molecule has 6 heteroatoms. The van der Waals surface area contributed by atoms with Crippen molar-refractivity contribution in [2.45, 2.75) is 25.3 Å². The van der Waals surface area contributed by atoms with Crippen LogP contribution in [0.4, 0.5) is 5.69 Å². The van der Waals surface area contributed by atoms with Crippen LogP contribution in [0.1, 0.15) is 19.3 Å². The highest BCUT2D eigenvalue weighted by molar-refractivity contribution is 5.93. The van der Waals surface area contributed by atoms with E-state index in [-0.39, 0.29) is 17.7 Å². The van der Waals surface area contributed by atoms with Gasteiger partial charge in [0.05, 0.1) is 25.3 Å². The number of amides is 2. The molecule has 3 rings (SSSR count). The van der Waals surface area contributed by atoms with Gasteiger partial charge < -0.3 is 15.4 Å². The van der Waals surface area contributed by atoms with E-state index in [4.69, 9.17) is 4.74 Å². The molecule has 0 bridgehead atoms. The molecule has 1 aromatic carbocycles. The Bertz CT molecular complexity index is 586. The first kappa shape index (κ1) is 15.8. The topological polar surface area (TPSA) is 70.7 Å². The third kappa shape index (κ3) is 4.22. The molecule has 2 N–H and O–H groups in total. The molecular formula is C17H23N3O3. The van der Waals surface area contributed by atoms with Crippen molar-refractivity contribution in [2.24, 2.45) is 5.92 Å². The molecule has 0 spiro atoms. The molecule has 0 radical (unpaired) electrons. The summed E-state index contributed by atoms with van der Waals surface area (Å²) in [5, 5.41) is 5.91. The molecule has 1 unspecified atom stereocenters. The normalized spacial score (nSPS) is 21.0. The molecule has 1 aliphatic heterocycles. The van der Waals surface area contributed by atoms with Crippen molar-refractivity contribution in [3.8, 4) is 5.75 Å². The average Bonchev–Trinajstić information content (AvgIpc) is 3.23. The zero-order chi connectivity index (χ0) is 16.2. The maximum Gasteiger partial charge on any atom is 0.238 e. The smallest absolute Gasteiger partial charge is 0.238 e. The van der Waals surface area contributed by atoms with E-state index in [9.17, 15) is 9.59 Å². The first-order chi connectivity index (χ1) is 11.2. The number of rotatable bonds is 6. The Morgan fingerprint density at radius 1 is 1.26 bits per heavy atom. The minimum Gasteiger partial charge on any atom is -0.495 e. The van der Waals surface area contributed by atoms with E-state index in [0.717, 1.165) is 25.8 Å². The van der Waals surface area contributed by atoms with E-state index in [0.29, 0.717) is 30.6 Å². The fourth-order valence-electron chi connectivity index (χ4n) is 2.88. The molecule has 1 aromatic rings. The standard InChI is InChI=1S/C17H23N3O3/c1-23-15-5-3-2-4-14(15)19-16(21)11-20-9-8-12(10-20)17(22)18-13-6-7-13/h2-5,12-13H,6-11H2,1H3,(H,18,22)(H,19,21). The van der Waals surface area contributed by atoms with Crippen LogP contribution in [0.3, 0.4) is 0 Å². The molecule has 23 heavy (non-hydrogen) atoms. The minimum absolute atomic E-state index is 0.00895. The Kier molecular flexibility index (Phi) is 4.81. The molecule has 2 amide bonds. The van der Waals surface area contributed by atoms with Crippen molar-refractivity contribution in [2.75, 3.05) is 32.1 Å². The van der Waals surface area contributed by atoms with Crippen molar-refractivity contribution in [3.63, 3.8) is 0 Å². The second-order valence-corrected chi connectivity index (χ2v) is 6.25. The van der Waals surface area contributed by atoms with Gasteiger partial charge in [0.1, 0.15) is 5.75 Å². The van der Waals surface area contributed by atoms with Gasteiger partial charge in [-0.1, -0.05) is 12.1 Å². The number of anilines is 1. The summed E-state index contributed by atoms with van der Waals surface area (Å²) >= 11 is 0. The van der Waals surface area contributed by atoms with Gasteiger partial charge in [-0.3, -0.25) is 14.5 Å². The van der Waals surface area contributed by atoms with Crippen LogP contribution in [0.2, 0.25) is 0 Å². The largest absolute Gasteiger partial charge is 0.495 e. The lowest BCUT2D eigenvalue weighted by Crippen LogP contribution is -2.36. The maximum atomic E-state index is 12.2. The zero-order valence-corrected chi connectivity index (χ0v) is 13.4. The summed E-state index contributed by atoms with van der Waals surface area (Å²) < 4.78 is 5.23. The van der Waals surface area contributed by atoms with Crippen molar-refractivity contribution >= 4 is 17.5 Å². The van der Waals surface area contributed by atoms with Gasteiger partial charge in [0.15, 0.2) is 0 Å². The lowest BCUT2D eigenvalue weighted by Gasteiger charge is -2.16. The first-order valence-electron chi connectivity index (χ1n) is 8.11. The van der Waals surface area contributed by atoms with E-state index >= 15 is 0 Å².